The van der Waals surface area contributed by atoms with Gasteiger partial charge >= 0.3 is 7.82 Å². The number of amides is 1. The van der Waals surface area contributed by atoms with Gasteiger partial charge in [-0.3, -0.25) is 13.8 Å². The second-order valence-corrected chi connectivity index (χ2v) is 15.4. The Hall–Kier alpha value is -0.760. The van der Waals surface area contributed by atoms with Crippen LogP contribution in [0.1, 0.15) is 162 Å². The fourth-order valence-electron chi connectivity index (χ4n) is 5.21. The van der Waals surface area contributed by atoms with Crippen molar-refractivity contribution in [1.82, 2.24) is 5.32 Å². The number of rotatable bonds is 33. The maximum absolute atomic E-state index is 12.8. The van der Waals surface area contributed by atoms with Gasteiger partial charge in [-0.05, 0) is 38.5 Å². The zero-order chi connectivity index (χ0) is 33.7. The molecule has 0 heterocycles. The van der Waals surface area contributed by atoms with Crippen LogP contribution < -0.4 is 5.32 Å². The summed E-state index contributed by atoms with van der Waals surface area (Å²) in [6.07, 6.45) is 29.5. The molecule has 0 radical (unpaired) electrons. The van der Waals surface area contributed by atoms with Gasteiger partial charge in [0, 0.05) is 6.42 Å². The minimum absolute atomic E-state index is 0.0741. The van der Waals surface area contributed by atoms with Crippen LogP contribution >= 0.6 is 7.82 Å². The van der Waals surface area contributed by atoms with Gasteiger partial charge in [0.1, 0.15) is 13.2 Å². The van der Waals surface area contributed by atoms with Crippen LogP contribution in [-0.2, 0) is 18.4 Å². The molecule has 3 atom stereocenters. The third kappa shape index (κ3) is 31.6. The Bertz CT molecular complexity index is 758. The molecular formula is C36H74N2O6P+. The van der Waals surface area contributed by atoms with E-state index in [0.29, 0.717) is 23.9 Å². The number of unbranched alkanes of at least 4 members (excludes halogenated alkanes) is 18. The van der Waals surface area contributed by atoms with E-state index in [4.69, 9.17) is 9.05 Å². The van der Waals surface area contributed by atoms with Gasteiger partial charge in [-0.15, -0.1) is 0 Å². The lowest BCUT2D eigenvalue weighted by atomic mass is 10.0. The van der Waals surface area contributed by atoms with Crippen molar-refractivity contribution in [3.8, 4) is 0 Å². The van der Waals surface area contributed by atoms with Gasteiger partial charge in [0.05, 0.1) is 39.9 Å². The Labute approximate surface area is 278 Å². The van der Waals surface area contributed by atoms with Crippen molar-refractivity contribution in [2.75, 3.05) is 40.9 Å². The van der Waals surface area contributed by atoms with Gasteiger partial charge in [0.2, 0.25) is 5.91 Å². The lowest BCUT2D eigenvalue weighted by molar-refractivity contribution is -0.870. The zero-order valence-electron chi connectivity index (χ0n) is 30.1. The summed E-state index contributed by atoms with van der Waals surface area (Å²) in [5.74, 6) is -0.157. The van der Waals surface area contributed by atoms with Crippen LogP contribution in [0.2, 0.25) is 0 Å². The average Bonchev–Trinajstić information content (AvgIpc) is 2.97. The molecule has 0 aliphatic heterocycles. The maximum atomic E-state index is 12.8. The van der Waals surface area contributed by atoms with Crippen LogP contribution in [0.15, 0.2) is 12.2 Å². The van der Waals surface area contributed by atoms with Crippen molar-refractivity contribution in [3.05, 3.63) is 12.2 Å². The van der Waals surface area contributed by atoms with Crippen LogP contribution in [0.3, 0.4) is 0 Å². The van der Waals surface area contributed by atoms with Gasteiger partial charge in [-0.25, -0.2) is 4.57 Å². The van der Waals surface area contributed by atoms with Crippen LogP contribution in [0.25, 0.3) is 0 Å². The summed E-state index contributed by atoms with van der Waals surface area (Å²) < 4.78 is 23.4. The lowest BCUT2D eigenvalue weighted by Crippen LogP contribution is -2.46. The van der Waals surface area contributed by atoms with Crippen molar-refractivity contribution in [2.45, 2.75) is 174 Å². The fourth-order valence-corrected chi connectivity index (χ4v) is 5.95. The highest BCUT2D eigenvalue weighted by molar-refractivity contribution is 7.47. The summed E-state index contributed by atoms with van der Waals surface area (Å²) in [7, 11) is 1.61. The van der Waals surface area contributed by atoms with E-state index in [9.17, 15) is 19.4 Å². The number of likely N-dealkylation sites (N-methyl/N-ethyl adjacent to an activating group) is 1. The normalized spacial score (nSPS) is 14.9. The number of nitrogens with one attached hydrogen (secondary N) is 1. The fraction of sp³-hybridized carbons (Fsp3) is 0.917. The zero-order valence-corrected chi connectivity index (χ0v) is 31.0. The van der Waals surface area contributed by atoms with Crippen molar-refractivity contribution < 1.29 is 32.9 Å². The first-order chi connectivity index (χ1) is 21.5. The molecule has 0 fully saturated rings. The molecule has 0 aliphatic carbocycles. The first-order valence-electron chi connectivity index (χ1n) is 18.6. The number of aliphatic hydroxyl groups excluding tert-OH is 1. The van der Waals surface area contributed by atoms with Gasteiger partial charge in [-0.1, -0.05) is 129 Å². The molecule has 9 heteroatoms. The molecule has 45 heavy (non-hydrogen) atoms. The SMILES string of the molecule is CCCCCCC/C=C\CCCCCCCC(=O)NC(COP(=O)(O)OCC[N+](C)(C)C)C(O)CCCCCCCCCCC. The molecule has 268 valence electrons. The van der Waals surface area contributed by atoms with E-state index in [1.54, 1.807) is 0 Å². The second kappa shape index (κ2) is 29.4. The number of allylic oxidation sites excluding steroid dienone is 2. The van der Waals surface area contributed by atoms with Crippen LogP contribution in [-0.4, -0.2) is 73.4 Å². The average molecular weight is 662 g/mol. The van der Waals surface area contributed by atoms with Crippen LogP contribution in [0.5, 0.6) is 0 Å². The van der Waals surface area contributed by atoms with E-state index < -0.39 is 20.0 Å². The van der Waals surface area contributed by atoms with E-state index >= 15 is 0 Å². The molecule has 0 aromatic heterocycles. The molecule has 3 N–H and O–H groups in total. The van der Waals surface area contributed by atoms with Gasteiger partial charge < -0.3 is 19.8 Å². The number of carbonyl (C=O) groups excluding carboxylic acids is 1. The molecule has 0 aromatic rings. The monoisotopic (exact) mass is 662 g/mol. The number of hydrogen-bond acceptors (Lipinski definition) is 5. The first kappa shape index (κ1) is 44.2. The number of nitrogens with zero attached hydrogens (tertiary/aromatic N) is 1. The molecule has 1 amide bonds. The van der Waals surface area contributed by atoms with Gasteiger partial charge in [0.25, 0.3) is 0 Å². The molecule has 0 rings (SSSR count). The highest BCUT2D eigenvalue weighted by atomic mass is 31.2. The Balaban J connectivity index is 4.46. The number of carbonyl (C=O) groups is 1. The number of phosphoric ester groups is 1. The molecule has 3 unspecified atom stereocenters. The topological polar surface area (TPSA) is 105 Å². The number of aliphatic hydroxyl groups is 1. The number of quaternary nitrogens is 1. The third-order valence-electron chi connectivity index (χ3n) is 8.26. The predicted octanol–water partition coefficient (Wildman–Crippen LogP) is 9.24. The quantitative estimate of drug-likeness (QED) is 0.0280. The Morgan fingerprint density at radius 1 is 0.733 bits per heavy atom. The highest BCUT2D eigenvalue weighted by Crippen LogP contribution is 2.43. The maximum Gasteiger partial charge on any atom is 0.472 e. The van der Waals surface area contributed by atoms with Crippen molar-refractivity contribution in [3.63, 3.8) is 0 Å². The summed E-state index contributed by atoms with van der Waals surface area (Å²) in [6.45, 7) is 4.83. The minimum atomic E-state index is -4.30. The molecule has 0 aromatic carbocycles. The summed E-state index contributed by atoms with van der Waals surface area (Å²) in [6, 6.07) is -0.757. The molecule has 0 bridgehead atoms. The standard InChI is InChI=1S/C36H73N2O6P/c1-6-8-10-12-14-16-17-18-19-20-22-24-26-28-30-36(40)37-34(33-44-45(41,42)43-32-31-38(3,4)5)35(39)29-27-25-23-21-15-13-11-9-7-2/h17-18,34-35,39H,6-16,19-33H2,1-5H3,(H-,37,40,41,42)/p+1/b18-17-. The summed E-state index contributed by atoms with van der Waals surface area (Å²) in [4.78, 5) is 22.9. The smallest absolute Gasteiger partial charge is 0.391 e. The van der Waals surface area contributed by atoms with E-state index in [0.717, 1.165) is 51.4 Å². The van der Waals surface area contributed by atoms with Crippen molar-refractivity contribution in [1.29, 1.82) is 0 Å². The van der Waals surface area contributed by atoms with Crippen LogP contribution in [0, 0.1) is 0 Å². The summed E-state index contributed by atoms with van der Waals surface area (Å²) in [5.41, 5.74) is 0. The molecule has 0 aliphatic rings. The van der Waals surface area contributed by atoms with Crippen molar-refractivity contribution in [2.24, 2.45) is 0 Å². The van der Waals surface area contributed by atoms with E-state index in [2.05, 4.69) is 31.3 Å². The largest absolute Gasteiger partial charge is 0.472 e. The van der Waals surface area contributed by atoms with Gasteiger partial charge in [-0.2, -0.15) is 0 Å². The molecular weight excluding hydrogens is 587 g/mol. The summed E-state index contributed by atoms with van der Waals surface area (Å²) in [5, 5.41) is 13.8. The highest BCUT2D eigenvalue weighted by Gasteiger charge is 2.28. The Morgan fingerprint density at radius 2 is 1.20 bits per heavy atom. The molecule has 0 saturated heterocycles. The Kier molecular flexibility index (Phi) is 28.9. The third-order valence-corrected chi connectivity index (χ3v) is 9.25. The number of hydrogen-bond donors (Lipinski definition) is 3. The molecule has 8 nitrogen and oxygen atoms in total. The van der Waals surface area contributed by atoms with E-state index in [1.807, 2.05) is 21.1 Å². The first-order valence-corrected chi connectivity index (χ1v) is 20.0. The summed E-state index contributed by atoms with van der Waals surface area (Å²) >= 11 is 0. The van der Waals surface area contributed by atoms with E-state index in [-0.39, 0.29) is 19.1 Å². The molecule has 0 spiro atoms. The second-order valence-electron chi connectivity index (χ2n) is 14.0. The lowest BCUT2D eigenvalue weighted by Gasteiger charge is -2.26. The molecule has 0 saturated carbocycles. The van der Waals surface area contributed by atoms with Crippen LogP contribution in [0.4, 0.5) is 0 Å². The van der Waals surface area contributed by atoms with Crippen molar-refractivity contribution >= 4 is 13.7 Å². The van der Waals surface area contributed by atoms with E-state index in [1.165, 1.54) is 83.5 Å². The number of phosphoric acid groups is 1. The Morgan fingerprint density at radius 3 is 1.71 bits per heavy atom. The minimum Gasteiger partial charge on any atom is -0.391 e. The van der Waals surface area contributed by atoms with Gasteiger partial charge in [0.15, 0.2) is 0 Å². The predicted molar refractivity (Wildman–Crippen MR) is 189 cm³/mol.